The number of aromatic nitrogens is 2. The number of thioether (sulfide) groups is 1. The van der Waals surface area contributed by atoms with E-state index in [0.29, 0.717) is 32.8 Å². The van der Waals surface area contributed by atoms with Crippen LogP contribution in [0.4, 0.5) is 14.5 Å². The molecular formula is C22H14ClF2N3O2S. The van der Waals surface area contributed by atoms with Crippen LogP contribution < -0.4 is 10.9 Å². The number of hydrogen-bond acceptors (Lipinski definition) is 4. The number of anilines is 1. The second-order valence-electron chi connectivity index (χ2n) is 6.49. The molecule has 0 bridgehead atoms. The van der Waals surface area contributed by atoms with E-state index in [1.54, 1.807) is 48.5 Å². The Morgan fingerprint density at radius 3 is 2.55 bits per heavy atom. The smallest absolute Gasteiger partial charge is 0.266 e. The monoisotopic (exact) mass is 457 g/mol. The first-order chi connectivity index (χ1) is 14.9. The van der Waals surface area contributed by atoms with E-state index < -0.39 is 17.5 Å². The van der Waals surface area contributed by atoms with Gasteiger partial charge >= 0.3 is 0 Å². The fourth-order valence-corrected chi connectivity index (χ4v) is 3.87. The number of carbonyl (C=O) groups excluding carboxylic acids is 1. The van der Waals surface area contributed by atoms with Gasteiger partial charge in [0, 0.05) is 11.1 Å². The quantitative estimate of drug-likeness (QED) is 0.336. The van der Waals surface area contributed by atoms with Crippen LogP contribution in [-0.4, -0.2) is 21.2 Å². The van der Waals surface area contributed by atoms with Crippen LogP contribution in [0, 0.1) is 11.6 Å². The number of para-hydroxylation sites is 1. The predicted octanol–water partition coefficient (Wildman–Crippen LogP) is 5.05. The summed E-state index contributed by atoms with van der Waals surface area (Å²) in [7, 11) is 0. The third-order valence-electron chi connectivity index (χ3n) is 4.37. The summed E-state index contributed by atoms with van der Waals surface area (Å²) in [4.78, 5) is 30.0. The maximum atomic E-state index is 13.8. The van der Waals surface area contributed by atoms with Crippen LogP contribution in [0.15, 0.2) is 76.7 Å². The molecule has 0 unspecified atom stereocenters. The summed E-state index contributed by atoms with van der Waals surface area (Å²) in [5.41, 5.74) is 0.610. The Hall–Kier alpha value is -3.23. The molecule has 156 valence electrons. The van der Waals surface area contributed by atoms with Crippen LogP contribution in [0.2, 0.25) is 5.02 Å². The van der Waals surface area contributed by atoms with Crippen molar-refractivity contribution in [3.8, 4) is 5.69 Å². The summed E-state index contributed by atoms with van der Waals surface area (Å²) in [6.07, 6.45) is 0. The van der Waals surface area contributed by atoms with Crippen LogP contribution in [-0.2, 0) is 4.79 Å². The Kier molecular flexibility index (Phi) is 6.01. The normalized spacial score (nSPS) is 10.9. The summed E-state index contributed by atoms with van der Waals surface area (Å²) in [6, 6.07) is 16.4. The molecule has 3 aromatic carbocycles. The molecule has 1 N–H and O–H groups in total. The molecule has 0 aliphatic heterocycles. The fraction of sp³-hybridized carbons (Fsp3) is 0.0455. The second-order valence-corrected chi connectivity index (χ2v) is 7.87. The molecule has 9 heteroatoms. The number of benzene rings is 3. The van der Waals surface area contributed by atoms with Crippen molar-refractivity contribution in [3.05, 3.63) is 93.7 Å². The Labute approximate surface area is 184 Å². The summed E-state index contributed by atoms with van der Waals surface area (Å²) in [5.74, 6) is -2.28. The Morgan fingerprint density at radius 2 is 1.81 bits per heavy atom. The van der Waals surface area contributed by atoms with Crippen LogP contribution in [0.5, 0.6) is 0 Å². The Bertz CT molecular complexity index is 1340. The summed E-state index contributed by atoms with van der Waals surface area (Å²) >= 11 is 6.98. The van der Waals surface area contributed by atoms with Gasteiger partial charge in [0.05, 0.1) is 28.0 Å². The number of halogens is 3. The molecule has 0 spiro atoms. The molecule has 1 amide bonds. The third-order valence-corrected chi connectivity index (χ3v) is 5.56. The van der Waals surface area contributed by atoms with E-state index >= 15 is 0 Å². The van der Waals surface area contributed by atoms with Crippen molar-refractivity contribution < 1.29 is 13.6 Å². The molecule has 1 aromatic heterocycles. The Morgan fingerprint density at radius 1 is 1.06 bits per heavy atom. The molecule has 1 heterocycles. The number of nitrogens with zero attached hydrogens (tertiary/aromatic N) is 2. The van der Waals surface area contributed by atoms with Gasteiger partial charge in [-0.25, -0.2) is 13.8 Å². The number of fused-ring (bicyclic) bond motifs is 1. The molecule has 5 nitrogen and oxygen atoms in total. The van der Waals surface area contributed by atoms with E-state index in [0.717, 1.165) is 23.9 Å². The highest BCUT2D eigenvalue weighted by molar-refractivity contribution is 7.99. The minimum absolute atomic E-state index is 0.131. The summed E-state index contributed by atoms with van der Waals surface area (Å²) < 4.78 is 28.2. The molecule has 0 fully saturated rings. The lowest BCUT2D eigenvalue weighted by Crippen LogP contribution is -2.23. The van der Waals surface area contributed by atoms with Gasteiger partial charge in [-0.05, 0) is 48.5 Å². The van der Waals surface area contributed by atoms with Crippen molar-refractivity contribution in [3.63, 3.8) is 0 Å². The van der Waals surface area contributed by atoms with Gasteiger partial charge in [-0.3, -0.25) is 14.2 Å². The van der Waals surface area contributed by atoms with E-state index in [9.17, 15) is 18.4 Å². The van der Waals surface area contributed by atoms with E-state index in [2.05, 4.69) is 10.3 Å². The lowest BCUT2D eigenvalue weighted by Gasteiger charge is -2.13. The number of rotatable bonds is 5. The minimum Gasteiger partial charge on any atom is -0.323 e. The highest BCUT2D eigenvalue weighted by atomic mass is 35.5. The van der Waals surface area contributed by atoms with Gasteiger partial charge in [0.15, 0.2) is 5.16 Å². The molecule has 4 aromatic rings. The van der Waals surface area contributed by atoms with E-state index in [1.165, 1.54) is 4.57 Å². The van der Waals surface area contributed by atoms with Crippen molar-refractivity contribution in [1.82, 2.24) is 9.55 Å². The van der Waals surface area contributed by atoms with Gasteiger partial charge in [-0.1, -0.05) is 35.5 Å². The highest BCUT2D eigenvalue weighted by Crippen LogP contribution is 2.23. The van der Waals surface area contributed by atoms with Crippen molar-refractivity contribution in [1.29, 1.82) is 0 Å². The Balaban J connectivity index is 1.66. The lowest BCUT2D eigenvalue weighted by atomic mass is 10.2. The first kappa shape index (κ1) is 21.0. The second kappa shape index (κ2) is 8.87. The number of nitrogens with one attached hydrogen (secondary N) is 1. The fourth-order valence-electron chi connectivity index (χ4n) is 2.93. The molecule has 0 atom stereocenters. The zero-order chi connectivity index (χ0) is 22.0. The number of hydrogen-bond donors (Lipinski definition) is 1. The van der Waals surface area contributed by atoms with Crippen molar-refractivity contribution >= 4 is 45.9 Å². The van der Waals surface area contributed by atoms with Crippen molar-refractivity contribution in [2.24, 2.45) is 0 Å². The lowest BCUT2D eigenvalue weighted by molar-refractivity contribution is -0.113. The first-order valence-corrected chi connectivity index (χ1v) is 10.4. The van der Waals surface area contributed by atoms with Crippen molar-refractivity contribution in [2.45, 2.75) is 5.16 Å². The van der Waals surface area contributed by atoms with Crippen LogP contribution in [0.3, 0.4) is 0 Å². The van der Waals surface area contributed by atoms with Crippen molar-refractivity contribution in [2.75, 3.05) is 11.1 Å². The number of amides is 1. The molecule has 0 saturated heterocycles. The molecule has 0 aliphatic carbocycles. The maximum absolute atomic E-state index is 13.8. The third kappa shape index (κ3) is 4.60. The average molecular weight is 458 g/mol. The van der Waals surface area contributed by atoms with Gasteiger partial charge in [-0.15, -0.1) is 0 Å². The maximum Gasteiger partial charge on any atom is 0.266 e. The van der Waals surface area contributed by atoms with E-state index in [-0.39, 0.29) is 17.0 Å². The largest absolute Gasteiger partial charge is 0.323 e. The zero-order valence-corrected chi connectivity index (χ0v) is 17.4. The summed E-state index contributed by atoms with van der Waals surface area (Å²) in [6.45, 7) is 0. The first-order valence-electron chi connectivity index (χ1n) is 9.08. The minimum atomic E-state index is -0.875. The standard InChI is InChI=1S/C22H14ClF2N3O2S/c23-13-5-8-15(9-6-13)28-21(30)16-3-1-2-4-18(16)27-22(28)31-12-20(29)26-19-10-7-14(24)11-17(19)25/h1-11H,12H2,(H,26,29). The van der Waals surface area contributed by atoms with Gasteiger partial charge < -0.3 is 5.32 Å². The molecule has 0 aliphatic rings. The van der Waals surface area contributed by atoms with Gasteiger partial charge in [0.2, 0.25) is 5.91 Å². The molecular weight excluding hydrogens is 444 g/mol. The van der Waals surface area contributed by atoms with Gasteiger partial charge in [0.1, 0.15) is 11.6 Å². The van der Waals surface area contributed by atoms with E-state index in [1.807, 2.05) is 0 Å². The topological polar surface area (TPSA) is 64.0 Å². The van der Waals surface area contributed by atoms with Crippen LogP contribution in [0.1, 0.15) is 0 Å². The zero-order valence-electron chi connectivity index (χ0n) is 15.8. The van der Waals surface area contributed by atoms with Crippen LogP contribution in [0.25, 0.3) is 16.6 Å². The predicted molar refractivity (Wildman–Crippen MR) is 118 cm³/mol. The molecule has 0 saturated carbocycles. The summed E-state index contributed by atoms with van der Waals surface area (Å²) in [5, 5.41) is 3.63. The average Bonchev–Trinajstić information content (AvgIpc) is 2.75. The SMILES string of the molecule is O=C(CSc1nc2ccccc2c(=O)n1-c1ccc(Cl)cc1)Nc1ccc(F)cc1F. The van der Waals surface area contributed by atoms with Gasteiger partial charge in [0.25, 0.3) is 5.56 Å². The molecule has 31 heavy (non-hydrogen) atoms. The van der Waals surface area contributed by atoms with Gasteiger partial charge in [-0.2, -0.15) is 0 Å². The number of carbonyl (C=O) groups is 1. The highest BCUT2D eigenvalue weighted by Gasteiger charge is 2.15. The van der Waals surface area contributed by atoms with Crippen LogP contribution >= 0.6 is 23.4 Å². The van der Waals surface area contributed by atoms with E-state index in [4.69, 9.17) is 11.6 Å². The molecule has 0 radical (unpaired) electrons. The molecule has 4 rings (SSSR count).